The van der Waals surface area contributed by atoms with Crippen LogP contribution in [0.3, 0.4) is 0 Å². The first-order chi connectivity index (χ1) is 12.6. The van der Waals surface area contributed by atoms with E-state index in [0.29, 0.717) is 22.3 Å². The van der Waals surface area contributed by atoms with E-state index in [9.17, 15) is 9.59 Å². The summed E-state index contributed by atoms with van der Waals surface area (Å²) < 4.78 is 0.407. The van der Waals surface area contributed by atoms with Gasteiger partial charge < -0.3 is 15.2 Å². The number of rotatable bonds is 4. The molecular formula is C20H23N3O2S. The number of carbonyl (C=O) groups excluding carboxylic acids is 2. The molecular weight excluding hydrogens is 346 g/mol. The third-order valence-corrected chi connectivity index (χ3v) is 4.93. The van der Waals surface area contributed by atoms with Crippen LogP contribution in [0.15, 0.2) is 42.6 Å². The van der Waals surface area contributed by atoms with E-state index < -0.39 is 0 Å². The van der Waals surface area contributed by atoms with Gasteiger partial charge in [-0.15, -0.1) is 0 Å². The Bertz CT molecular complexity index is 821. The van der Waals surface area contributed by atoms with Crippen molar-refractivity contribution in [2.75, 3.05) is 18.4 Å². The van der Waals surface area contributed by atoms with Crippen molar-refractivity contribution in [2.24, 2.45) is 0 Å². The second-order valence-electron chi connectivity index (χ2n) is 6.54. The molecule has 1 aliphatic rings. The highest BCUT2D eigenvalue weighted by molar-refractivity contribution is 7.71. The standard InChI is InChI=1S/C20H23N3O2S/c24-18(23-12-3-1-2-4-13-23)14-15-7-9-16(10-8-15)22-19(25)17-6-5-11-21-20(17)26/h5-11H,1-4,12-14H2,(H,21,26)(H,22,25). The van der Waals surface area contributed by atoms with Crippen LogP contribution in [-0.4, -0.2) is 34.8 Å². The Morgan fingerprint density at radius 1 is 1.04 bits per heavy atom. The molecule has 0 bridgehead atoms. The quantitative estimate of drug-likeness (QED) is 0.802. The molecule has 2 heterocycles. The Morgan fingerprint density at radius 3 is 2.38 bits per heavy atom. The first kappa shape index (κ1) is 18.3. The minimum absolute atomic E-state index is 0.180. The number of hydrogen-bond acceptors (Lipinski definition) is 3. The fourth-order valence-corrected chi connectivity index (χ4v) is 3.34. The molecule has 136 valence electrons. The van der Waals surface area contributed by atoms with Crippen molar-refractivity contribution in [2.45, 2.75) is 32.1 Å². The number of H-pyrrole nitrogens is 1. The molecule has 6 heteroatoms. The van der Waals surface area contributed by atoms with Gasteiger partial charge in [0.25, 0.3) is 5.91 Å². The highest BCUT2D eigenvalue weighted by Crippen LogP contribution is 2.15. The Kier molecular flexibility index (Phi) is 6.17. The molecule has 1 saturated heterocycles. The van der Waals surface area contributed by atoms with Crippen LogP contribution in [0.5, 0.6) is 0 Å². The highest BCUT2D eigenvalue weighted by Gasteiger charge is 2.16. The van der Waals surface area contributed by atoms with Gasteiger partial charge in [0.05, 0.1) is 12.0 Å². The average molecular weight is 369 g/mol. The third kappa shape index (κ3) is 4.79. The number of likely N-dealkylation sites (tertiary alicyclic amines) is 1. The summed E-state index contributed by atoms with van der Waals surface area (Å²) in [6.45, 7) is 1.73. The number of nitrogens with zero attached hydrogens (tertiary/aromatic N) is 1. The van der Waals surface area contributed by atoms with E-state index in [4.69, 9.17) is 12.2 Å². The van der Waals surface area contributed by atoms with Gasteiger partial charge in [0, 0.05) is 25.0 Å². The molecule has 0 aliphatic carbocycles. The molecule has 1 aromatic carbocycles. The smallest absolute Gasteiger partial charge is 0.258 e. The summed E-state index contributed by atoms with van der Waals surface area (Å²) in [7, 11) is 0. The molecule has 1 aromatic heterocycles. The van der Waals surface area contributed by atoms with Crippen molar-refractivity contribution in [3.63, 3.8) is 0 Å². The third-order valence-electron chi connectivity index (χ3n) is 4.59. The number of carbonyl (C=O) groups is 2. The van der Waals surface area contributed by atoms with E-state index >= 15 is 0 Å². The first-order valence-electron chi connectivity index (χ1n) is 8.99. The molecule has 0 unspecified atom stereocenters. The Labute approximate surface area is 158 Å². The Balaban J connectivity index is 1.59. The first-order valence-corrected chi connectivity index (χ1v) is 9.40. The predicted molar refractivity (Wildman–Crippen MR) is 105 cm³/mol. The lowest BCUT2D eigenvalue weighted by Crippen LogP contribution is -2.33. The molecule has 0 spiro atoms. The van der Waals surface area contributed by atoms with E-state index in [2.05, 4.69) is 10.3 Å². The molecule has 5 nitrogen and oxygen atoms in total. The van der Waals surface area contributed by atoms with Gasteiger partial charge in [-0.25, -0.2) is 0 Å². The normalized spacial score (nSPS) is 14.5. The maximum atomic E-state index is 12.4. The van der Waals surface area contributed by atoms with Crippen molar-refractivity contribution in [1.82, 2.24) is 9.88 Å². The molecule has 2 N–H and O–H groups in total. The summed E-state index contributed by atoms with van der Waals surface area (Å²) in [6.07, 6.45) is 6.71. The largest absolute Gasteiger partial charge is 0.352 e. The summed E-state index contributed by atoms with van der Waals surface area (Å²) in [5, 5.41) is 2.83. The van der Waals surface area contributed by atoms with Gasteiger partial charge in [-0.05, 0) is 42.7 Å². The zero-order chi connectivity index (χ0) is 18.4. The minimum atomic E-state index is -0.250. The van der Waals surface area contributed by atoms with Crippen LogP contribution >= 0.6 is 12.2 Å². The fraction of sp³-hybridized carbons (Fsp3) is 0.350. The van der Waals surface area contributed by atoms with Crippen LogP contribution < -0.4 is 5.32 Å². The monoisotopic (exact) mass is 369 g/mol. The summed E-state index contributed by atoms with van der Waals surface area (Å²) in [4.78, 5) is 29.5. The van der Waals surface area contributed by atoms with Crippen LogP contribution in [-0.2, 0) is 11.2 Å². The second kappa shape index (κ2) is 8.76. The van der Waals surface area contributed by atoms with Crippen LogP contribution in [0.25, 0.3) is 0 Å². The van der Waals surface area contributed by atoms with Gasteiger partial charge in [0.1, 0.15) is 4.64 Å². The summed E-state index contributed by atoms with van der Waals surface area (Å²) in [5.41, 5.74) is 2.07. The molecule has 26 heavy (non-hydrogen) atoms. The zero-order valence-corrected chi connectivity index (χ0v) is 15.5. The number of amides is 2. The van der Waals surface area contributed by atoms with E-state index in [1.165, 1.54) is 12.8 Å². The number of hydrogen-bond donors (Lipinski definition) is 2. The van der Waals surface area contributed by atoms with Crippen LogP contribution in [0.1, 0.15) is 41.6 Å². The van der Waals surface area contributed by atoms with Crippen LogP contribution in [0, 0.1) is 4.64 Å². The van der Waals surface area contributed by atoms with E-state index in [1.807, 2.05) is 29.2 Å². The van der Waals surface area contributed by atoms with Crippen molar-refractivity contribution < 1.29 is 9.59 Å². The van der Waals surface area contributed by atoms with Crippen LogP contribution in [0.4, 0.5) is 5.69 Å². The highest BCUT2D eigenvalue weighted by atomic mass is 32.1. The molecule has 2 aromatic rings. The minimum Gasteiger partial charge on any atom is -0.352 e. The molecule has 2 amide bonds. The van der Waals surface area contributed by atoms with Crippen molar-refractivity contribution in [3.05, 3.63) is 58.4 Å². The average Bonchev–Trinajstić information content (AvgIpc) is 2.93. The topological polar surface area (TPSA) is 65.2 Å². The number of benzene rings is 1. The summed E-state index contributed by atoms with van der Waals surface area (Å²) >= 11 is 5.13. The SMILES string of the molecule is O=C(Nc1ccc(CC(=O)N2CCCCCC2)cc1)c1ccc[nH]c1=S. The van der Waals surface area contributed by atoms with Crippen molar-refractivity contribution in [3.8, 4) is 0 Å². The van der Waals surface area contributed by atoms with E-state index in [-0.39, 0.29) is 11.8 Å². The number of anilines is 1. The molecule has 1 fully saturated rings. The molecule has 0 radical (unpaired) electrons. The summed E-state index contributed by atoms with van der Waals surface area (Å²) in [5.74, 6) is -0.0699. The van der Waals surface area contributed by atoms with Gasteiger partial charge in [-0.3, -0.25) is 9.59 Å². The molecule has 3 rings (SSSR count). The van der Waals surface area contributed by atoms with Gasteiger partial charge in [-0.1, -0.05) is 37.2 Å². The van der Waals surface area contributed by atoms with Crippen LogP contribution in [0.2, 0.25) is 0 Å². The maximum Gasteiger partial charge on any atom is 0.258 e. The molecule has 0 atom stereocenters. The van der Waals surface area contributed by atoms with Crippen molar-refractivity contribution >= 4 is 29.7 Å². The molecule has 0 saturated carbocycles. The number of aromatic amines is 1. The number of nitrogens with one attached hydrogen (secondary N) is 2. The predicted octanol–water partition coefficient (Wildman–Crippen LogP) is 3.94. The molecule has 1 aliphatic heterocycles. The van der Waals surface area contributed by atoms with Gasteiger partial charge in [0.15, 0.2) is 0 Å². The zero-order valence-electron chi connectivity index (χ0n) is 14.7. The lowest BCUT2D eigenvalue weighted by atomic mass is 10.1. The van der Waals surface area contributed by atoms with Gasteiger partial charge in [-0.2, -0.15) is 0 Å². The summed E-state index contributed by atoms with van der Waals surface area (Å²) in [6, 6.07) is 10.8. The lowest BCUT2D eigenvalue weighted by Gasteiger charge is -2.20. The lowest BCUT2D eigenvalue weighted by molar-refractivity contribution is -0.130. The van der Waals surface area contributed by atoms with Crippen molar-refractivity contribution in [1.29, 1.82) is 0 Å². The Hall–Kier alpha value is -2.47. The van der Waals surface area contributed by atoms with Gasteiger partial charge in [0.2, 0.25) is 5.91 Å². The Morgan fingerprint density at radius 2 is 1.73 bits per heavy atom. The van der Waals surface area contributed by atoms with E-state index in [1.54, 1.807) is 18.3 Å². The maximum absolute atomic E-state index is 12.4. The van der Waals surface area contributed by atoms with Gasteiger partial charge >= 0.3 is 0 Å². The fourth-order valence-electron chi connectivity index (χ4n) is 3.11. The second-order valence-corrected chi connectivity index (χ2v) is 6.94. The van der Waals surface area contributed by atoms with E-state index in [0.717, 1.165) is 31.5 Å². The number of pyridine rings is 1. The number of aromatic nitrogens is 1.